The summed E-state index contributed by atoms with van der Waals surface area (Å²) in [6.07, 6.45) is 3.59. The first-order chi connectivity index (χ1) is 6.24. The summed E-state index contributed by atoms with van der Waals surface area (Å²) in [5, 5.41) is 12.1. The third kappa shape index (κ3) is 3.13. The lowest BCUT2D eigenvalue weighted by Crippen LogP contribution is -2.31. The van der Waals surface area contributed by atoms with Crippen LogP contribution in [0.4, 0.5) is 0 Å². The number of hydrogen-bond donors (Lipinski definition) is 2. The first-order valence-corrected chi connectivity index (χ1v) is 4.51. The minimum absolute atomic E-state index is 0.121. The maximum absolute atomic E-state index is 8.85. The van der Waals surface area contributed by atoms with Crippen LogP contribution in [0.1, 0.15) is 25.5 Å². The number of nitrogens with one attached hydrogen (secondary N) is 1. The Bertz CT molecular complexity index is 238. The van der Waals surface area contributed by atoms with Gasteiger partial charge in [0.2, 0.25) is 0 Å². The Morgan fingerprint density at radius 3 is 2.85 bits per heavy atom. The second kappa shape index (κ2) is 4.94. The predicted molar refractivity (Wildman–Crippen MR) is 52.3 cm³/mol. The van der Waals surface area contributed by atoms with Crippen LogP contribution in [0.2, 0.25) is 0 Å². The van der Waals surface area contributed by atoms with Gasteiger partial charge in [0, 0.05) is 24.5 Å². The fraction of sp³-hybridized carbons (Fsp3) is 0.500. The van der Waals surface area contributed by atoms with E-state index < -0.39 is 0 Å². The van der Waals surface area contributed by atoms with Crippen LogP contribution in [0.3, 0.4) is 0 Å². The molecule has 0 aliphatic carbocycles. The molecule has 0 aromatic carbocycles. The average Bonchev–Trinajstić information content (AvgIpc) is 2.19. The molecule has 0 bridgehead atoms. The molecular formula is C10H16N2O. The van der Waals surface area contributed by atoms with Gasteiger partial charge in [0.25, 0.3) is 0 Å². The second-order valence-corrected chi connectivity index (χ2v) is 3.26. The third-order valence-corrected chi connectivity index (χ3v) is 1.99. The van der Waals surface area contributed by atoms with Crippen LogP contribution < -0.4 is 5.32 Å². The van der Waals surface area contributed by atoms with E-state index in [4.69, 9.17) is 5.11 Å². The molecule has 0 aliphatic rings. The van der Waals surface area contributed by atoms with Gasteiger partial charge in [0.15, 0.2) is 0 Å². The monoisotopic (exact) mass is 180 g/mol. The van der Waals surface area contributed by atoms with E-state index in [1.165, 1.54) is 0 Å². The van der Waals surface area contributed by atoms with Crippen molar-refractivity contribution in [3.05, 3.63) is 30.1 Å². The molecule has 2 N–H and O–H groups in total. The van der Waals surface area contributed by atoms with Crippen LogP contribution in [-0.2, 0) is 0 Å². The molecule has 2 atom stereocenters. The summed E-state index contributed by atoms with van der Waals surface area (Å²) < 4.78 is 0. The summed E-state index contributed by atoms with van der Waals surface area (Å²) in [6, 6.07) is 4.29. The van der Waals surface area contributed by atoms with Crippen LogP contribution in [0, 0.1) is 0 Å². The maximum atomic E-state index is 8.85. The van der Waals surface area contributed by atoms with Gasteiger partial charge in [-0.3, -0.25) is 4.98 Å². The number of nitrogens with zero attached hydrogens (tertiary/aromatic N) is 1. The van der Waals surface area contributed by atoms with Gasteiger partial charge in [0.1, 0.15) is 0 Å². The smallest absolute Gasteiger partial charge is 0.0582 e. The maximum Gasteiger partial charge on any atom is 0.0582 e. The van der Waals surface area contributed by atoms with Crippen molar-refractivity contribution in [2.75, 3.05) is 6.61 Å². The van der Waals surface area contributed by atoms with Crippen LogP contribution >= 0.6 is 0 Å². The SMILES string of the molecule is CC(N[C@@H](C)CO)c1cccnc1. The Morgan fingerprint density at radius 2 is 2.31 bits per heavy atom. The van der Waals surface area contributed by atoms with E-state index in [9.17, 15) is 0 Å². The van der Waals surface area contributed by atoms with Crippen LogP contribution in [0.25, 0.3) is 0 Å². The molecule has 72 valence electrons. The van der Waals surface area contributed by atoms with E-state index in [2.05, 4.69) is 17.2 Å². The second-order valence-electron chi connectivity index (χ2n) is 3.26. The molecule has 0 fully saturated rings. The number of pyridine rings is 1. The Hall–Kier alpha value is -0.930. The zero-order chi connectivity index (χ0) is 9.68. The van der Waals surface area contributed by atoms with Crippen LogP contribution in [-0.4, -0.2) is 22.7 Å². The lowest BCUT2D eigenvalue weighted by atomic mass is 10.1. The van der Waals surface area contributed by atoms with Crippen molar-refractivity contribution in [2.24, 2.45) is 0 Å². The molecule has 1 rings (SSSR count). The van der Waals surface area contributed by atoms with Crippen molar-refractivity contribution < 1.29 is 5.11 Å². The Balaban J connectivity index is 2.53. The molecule has 1 heterocycles. The molecule has 1 aromatic heterocycles. The fourth-order valence-electron chi connectivity index (χ4n) is 1.21. The molecule has 0 aliphatic heterocycles. The molecule has 0 amide bonds. The first kappa shape index (κ1) is 10.2. The minimum atomic E-state index is 0.121. The summed E-state index contributed by atoms with van der Waals surface area (Å²) in [6.45, 7) is 4.17. The molecule has 3 nitrogen and oxygen atoms in total. The van der Waals surface area contributed by atoms with Crippen molar-refractivity contribution in [1.29, 1.82) is 0 Å². The van der Waals surface area contributed by atoms with Crippen LogP contribution in [0.5, 0.6) is 0 Å². The molecule has 0 radical (unpaired) electrons. The van der Waals surface area contributed by atoms with E-state index in [0.29, 0.717) is 0 Å². The highest BCUT2D eigenvalue weighted by Crippen LogP contribution is 2.10. The predicted octanol–water partition coefficient (Wildman–Crippen LogP) is 1.11. The largest absolute Gasteiger partial charge is 0.395 e. The van der Waals surface area contributed by atoms with Gasteiger partial charge < -0.3 is 10.4 Å². The molecule has 1 aromatic rings. The summed E-state index contributed by atoms with van der Waals surface area (Å²) in [5.41, 5.74) is 1.14. The van der Waals surface area contributed by atoms with E-state index in [1.54, 1.807) is 6.20 Å². The van der Waals surface area contributed by atoms with Crippen molar-refractivity contribution in [3.8, 4) is 0 Å². The Kier molecular flexibility index (Phi) is 3.86. The topological polar surface area (TPSA) is 45.1 Å². The third-order valence-electron chi connectivity index (χ3n) is 1.99. The fourth-order valence-corrected chi connectivity index (χ4v) is 1.21. The number of aliphatic hydroxyl groups excluding tert-OH is 1. The lowest BCUT2D eigenvalue weighted by molar-refractivity contribution is 0.243. The van der Waals surface area contributed by atoms with Crippen molar-refractivity contribution in [3.63, 3.8) is 0 Å². The Labute approximate surface area is 78.8 Å². The molecule has 0 saturated carbocycles. The van der Waals surface area contributed by atoms with Crippen molar-refractivity contribution >= 4 is 0 Å². The minimum Gasteiger partial charge on any atom is -0.395 e. The van der Waals surface area contributed by atoms with Gasteiger partial charge in [-0.15, -0.1) is 0 Å². The molecular weight excluding hydrogens is 164 g/mol. The van der Waals surface area contributed by atoms with Gasteiger partial charge in [-0.05, 0) is 25.5 Å². The van der Waals surface area contributed by atoms with Crippen LogP contribution in [0.15, 0.2) is 24.5 Å². The van der Waals surface area contributed by atoms with Gasteiger partial charge >= 0.3 is 0 Å². The number of aromatic nitrogens is 1. The molecule has 3 heteroatoms. The normalized spacial score (nSPS) is 15.3. The number of rotatable bonds is 4. The number of hydrogen-bond acceptors (Lipinski definition) is 3. The highest BCUT2D eigenvalue weighted by atomic mass is 16.3. The summed E-state index contributed by atoms with van der Waals surface area (Å²) in [5.74, 6) is 0. The first-order valence-electron chi connectivity index (χ1n) is 4.51. The Morgan fingerprint density at radius 1 is 1.54 bits per heavy atom. The summed E-state index contributed by atoms with van der Waals surface area (Å²) >= 11 is 0. The summed E-state index contributed by atoms with van der Waals surface area (Å²) in [4.78, 5) is 4.04. The van der Waals surface area contributed by atoms with E-state index in [0.717, 1.165) is 5.56 Å². The van der Waals surface area contributed by atoms with E-state index >= 15 is 0 Å². The number of aliphatic hydroxyl groups is 1. The molecule has 13 heavy (non-hydrogen) atoms. The average molecular weight is 180 g/mol. The van der Waals surface area contributed by atoms with Gasteiger partial charge in [-0.1, -0.05) is 6.07 Å². The standard InChI is InChI=1S/C10H16N2O/c1-8(7-13)12-9(2)10-4-3-5-11-6-10/h3-6,8-9,12-13H,7H2,1-2H3/t8-,9?/m0/s1. The van der Waals surface area contributed by atoms with Gasteiger partial charge in [-0.25, -0.2) is 0 Å². The zero-order valence-corrected chi connectivity index (χ0v) is 8.07. The van der Waals surface area contributed by atoms with Gasteiger partial charge in [0.05, 0.1) is 6.61 Å². The van der Waals surface area contributed by atoms with E-state index in [-0.39, 0.29) is 18.7 Å². The quantitative estimate of drug-likeness (QED) is 0.729. The molecule has 0 spiro atoms. The molecule has 1 unspecified atom stereocenters. The molecule has 0 saturated heterocycles. The van der Waals surface area contributed by atoms with Crippen molar-refractivity contribution in [1.82, 2.24) is 10.3 Å². The summed E-state index contributed by atoms with van der Waals surface area (Å²) in [7, 11) is 0. The lowest BCUT2D eigenvalue weighted by Gasteiger charge is -2.17. The highest BCUT2D eigenvalue weighted by Gasteiger charge is 2.07. The van der Waals surface area contributed by atoms with E-state index in [1.807, 2.05) is 25.3 Å². The van der Waals surface area contributed by atoms with Crippen molar-refractivity contribution in [2.45, 2.75) is 25.9 Å². The zero-order valence-electron chi connectivity index (χ0n) is 8.07. The van der Waals surface area contributed by atoms with Gasteiger partial charge in [-0.2, -0.15) is 0 Å². The highest BCUT2D eigenvalue weighted by molar-refractivity contribution is 5.12.